The lowest BCUT2D eigenvalue weighted by Gasteiger charge is -2.27. The zero-order chi connectivity index (χ0) is 32.9. The molecule has 0 spiro atoms. The molecule has 0 bridgehead atoms. The molecule has 0 amide bonds. The van der Waals surface area contributed by atoms with Gasteiger partial charge in [-0.2, -0.15) is 10.2 Å². The first-order chi connectivity index (χ1) is 24.2. The second-order valence-electron chi connectivity index (χ2n) is 12.3. The molecule has 0 saturated heterocycles. The second kappa shape index (κ2) is 11.6. The summed E-state index contributed by atoms with van der Waals surface area (Å²) in [6, 6.07) is 54.9. The fourth-order valence-electron chi connectivity index (χ4n) is 7.02. The highest BCUT2D eigenvalue weighted by molar-refractivity contribution is 6.11. The summed E-state index contributed by atoms with van der Waals surface area (Å²) in [6.45, 7) is 4.14. The highest BCUT2D eigenvalue weighted by Crippen LogP contribution is 2.42. The molecule has 6 nitrogen and oxygen atoms in total. The minimum atomic E-state index is 0.800. The molecule has 0 saturated carbocycles. The summed E-state index contributed by atoms with van der Waals surface area (Å²) in [5, 5.41) is 14.5. The average Bonchev–Trinajstić information content (AvgIpc) is 3.68. The van der Waals surface area contributed by atoms with Crippen LogP contribution in [0.2, 0.25) is 0 Å². The van der Waals surface area contributed by atoms with E-state index in [-0.39, 0.29) is 0 Å². The predicted octanol–water partition coefficient (Wildman–Crippen LogP) is 10.7. The van der Waals surface area contributed by atoms with Crippen LogP contribution in [-0.4, -0.2) is 24.5 Å². The Morgan fingerprint density at radius 1 is 0.469 bits per heavy atom. The lowest BCUT2D eigenvalue weighted by molar-refractivity contribution is 0.863. The monoisotopic (exact) mass is 632 g/mol. The van der Waals surface area contributed by atoms with Gasteiger partial charge < -0.3 is 4.90 Å². The fraction of sp³-hybridized carbons (Fsp3) is 0.0465. The van der Waals surface area contributed by atoms with Crippen LogP contribution in [0.5, 0.6) is 0 Å². The van der Waals surface area contributed by atoms with Gasteiger partial charge in [0.1, 0.15) is 0 Å². The number of aromatic nitrogens is 5. The summed E-state index contributed by atoms with van der Waals surface area (Å²) in [5.41, 5.74) is 10.8. The molecule has 0 atom stereocenters. The Bertz CT molecular complexity index is 2500. The normalized spacial score (nSPS) is 11.5. The highest BCUT2D eigenvalue weighted by Gasteiger charge is 2.24. The Morgan fingerprint density at radius 3 is 1.55 bits per heavy atom. The van der Waals surface area contributed by atoms with Crippen molar-refractivity contribution >= 4 is 49.9 Å². The first kappa shape index (κ1) is 28.7. The maximum absolute atomic E-state index is 5.30. The Morgan fingerprint density at radius 2 is 0.959 bits per heavy atom. The smallest absolute Gasteiger partial charge is 0.166 e. The number of nitrogens with zero attached hydrogens (tertiary/aromatic N) is 6. The van der Waals surface area contributed by atoms with E-state index in [1.165, 1.54) is 10.8 Å². The van der Waals surface area contributed by atoms with Gasteiger partial charge in [0.2, 0.25) is 0 Å². The van der Waals surface area contributed by atoms with Gasteiger partial charge in [-0.3, -0.25) is 0 Å². The lowest BCUT2D eigenvalue weighted by Crippen LogP contribution is -2.10. The van der Waals surface area contributed by atoms with Gasteiger partial charge in [-0.25, -0.2) is 14.3 Å². The van der Waals surface area contributed by atoms with Crippen LogP contribution in [0.4, 0.5) is 17.1 Å². The molecular weight excluding hydrogens is 601 g/mol. The minimum Gasteiger partial charge on any atom is -0.310 e. The van der Waals surface area contributed by atoms with Gasteiger partial charge >= 0.3 is 0 Å². The van der Waals surface area contributed by atoms with E-state index in [0.29, 0.717) is 0 Å². The van der Waals surface area contributed by atoms with E-state index < -0.39 is 0 Å². The molecule has 0 aliphatic carbocycles. The van der Waals surface area contributed by atoms with E-state index in [0.717, 1.165) is 73.0 Å². The van der Waals surface area contributed by atoms with Crippen LogP contribution in [0, 0.1) is 13.8 Å². The number of benzene rings is 6. The number of rotatable bonds is 6. The third-order valence-electron chi connectivity index (χ3n) is 9.22. The van der Waals surface area contributed by atoms with Gasteiger partial charge in [-0.1, -0.05) is 103 Å². The van der Waals surface area contributed by atoms with Crippen LogP contribution in [-0.2, 0) is 0 Å². The first-order valence-electron chi connectivity index (χ1n) is 16.5. The van der Waals surface area contributed by atoms with E-state index in [1.807, 2.05) is 45.8 Å². The van der Waals surface area contributed by atoms with Crippen molar-refractivity contribution in [3.8, 4) is 22.5 Å². The average molecular weight is 633 g/mol. The van der Waals surface area contributed by atoms with E-state index in [2.05, 4.69) is 140 Å². The molecular formula is C43H32N6. The third-order valence-corrected chi connectivity index (χ3v) is 9.22. The van der Waals surface area contributed by atoms with Crippen LogP contribution in [0.1, 0.15) is 11.4 Å². The largest absolute Gasteiger partial charge is 0.310 e. The zero-order valence-electron chi connectivity index (χ0n) is 27.2. The highest BCUT2D eigenvalue weighted by atomic mass is 15.3. The Labute approximate surface area is 284 Å². The Kier molecular flexibility index (Phi) is 6.80. The van der Waals surface area contributed by atoms with Crippen molar-refractivity contribution in [2.45, 2.75) is 13.8 Å². The SMILES string of the molecule is Cc1nn(-c2ccccc2)c2nc3c(c(C)nn3-c3ccccc3)c(-c3ccc(N(c4ccccc4)c4cccc5ccccc45)cc3)c12. The number of pyridine rings is 1. The summed E-state index contributed by atoms with van der Waals surface area (Å²) in [4.78, 5) is 7.64. The molecule has 0 N–H and O–H groups in total. The van der Waals surface area contributed by atoms with Gasteiger partial charge in [0.15, 0.2) is 11.3 Å². The van der Waals surface area contributed by atoms with Gasteiger partial charge in [0.05, 0.1) is 39.2 Å². The summed E-state index contributed by atoms with van der Waals surface area (Å²) in [5.74, 6) is 0. The zero-order valence-corrected chi connectivity index (χ0v) is 27.2. The maximum atomic E-state index is 5.30. The molecule has 0 unspecified atom stereocenters. The van der Waals surface area contributed by atoms with E-state index in [4.69, 9.17) is 15.2 Å². The van der Waals surface area contributed by atoms with Crippen molar-refractivity contribution in [3.05, 3.63) is 169 Å². The number of hydrogen-bond acceptors (Lipinski definition) is 4. The van der Waals surface area contributed by atoms with Crippen LogP contribution >= 0.6 is 0 Å². The van der Waals surface area contributed by atoms with Gasteiger partial charge in [-0.15, -0.1) is 0 Å². The minimum absolute atomic E-state index is 0.800. The van der Waals surface area contributed by atoms with Crippen molar-refractivity contribution < 1.29 is 0 Å². The van der Waals surface area contributed by atoms with Gasteiger partial charge in [0, 0.05) is 22.3 Å². The molecule has 0 fully saturated rings. The van der Waals surface area contributed by atoms with Crippen molar-refractivity contribution in [1.82, 2.24) is 24.5 Å². The number of para-hydroxylation sites is 3. The number of fused-ring (bicyclic) bond motifs is 3. The molecule has 234 valence electrons. The maximum Gasteiger partial charge on any atom is 0.166 e. The number of anilines is 3. The molecule has 0 aliphatic heterocycles. The van der Waals surface area contributed by atoms with Crippen LogP contribution < -0.4 is 4.90 Å². The van der Waals surface area contributed by atoms with Crippen LogP contribution in [0.25, 0.3) is 55.3 Å². The standard InChI is InChI=1S/C43H32N6/c1-29-39-41(32-25-27-34(28-26-32)47(33-17-6-3-7-18-33)38-24-14-16-31-15-12-13-23-37(31)38)40-30(2)46-49(36-21-10-5-11-22-36)43(40)44-42(39)48(45-29)35-19-8-4-9-20-35/h3-28H,1-2H3. The van der Waals surface area contributed by atoms with Crippen LogP contribution in [0.3, 0.4) is 0 Å². The third kappa shape index (κ3) is 4.76. The second-order valence-corrected chi connectivity index (χ2v) is 12.3. The van der Waals surface area contributed by atoms with Gasteiger partial charge in [-0.05, 0) is 79.4 Å². The molecule has 3 heterocycles. The summed E-state index contributed by atoms with van der Waals surface area (Å²) < 4.78 is 3.91. The molecule has 3 aromatic heterocycles. The quantitative estimate of drug-likeness (QED) is 0.183. The van der Waals surface area contributed by atoms with Crippen molar-refractivity contribution in [3.63, 3.8) is 0 Å². The Balaban J connectivity index is 1.29. The number of hydrogen-bond donors (Lipinski definition) is 0. The van der Waals surface area contributed by atoms with E-state index in [9.17, 15) is 0 Å². The molecule has 6 heteroatoms. The summed E-state index contributed by atoms with van der Waals surface area (Å²) in [7, 11) is 0. The topological polar surface area (TPSA) is 51.8 Å². The Hall–Kier alpha value is -6.53. The lowest BCUT2D eigenvalue weighted by atomic mass is 9.97. The summed E-state index contributed by atoms with van der Waals surface area (Å²) >= 11 is 0. The molecule has 9 aromatic rings. The van der Waals surface area contributed by atoms with E-state index >= 15 is 0 Å². The van der Waals surface area contributed by atoms with E-state index in [1.54, 1.807) is 0 Å². The molecule has 0 aliphatic rings. The fourth-order valence-corrected chi connectivity index (χ4v) is 7.02. The molecule has 49 heavy (non-hydrogen) atoms. The summed E-state index contributed by atoms with van der Waals surface area (Å²) in [6.07, 6.45) is 0. The number of aryl methyl sites for hydroxylation is 2. The molecule has 6 aromatic carbocycles. The van der Waals surface area contributed by atoms with Crippen molar-refractivity contribution in [1.29, 1.82) is 0 Å². The van der Waals surface area contributed by atoms with Crippen LogP contribution in [0.15, 0.2) is 158 Å². The first-order valence-corrected chi connectivity index (χ1v) is 16.5. The van der Waals surface area contributed by atoms with Crippen molar-refractivity contribution in [2.24, 2.45) is 0 Å². The van der Waals surface area contributed by atoms with Gasteiger partial charge in [0.25, 0.3) is 0 Å². The van der Waals surface area contributed by atoms with Crippen molar-refractivity contribution in [2.75, 3.05) is 4.90 Å². The predicted molar refractivity (Wildman–Crippen MR) is 201 cm³/mol. The molecule has 9 rings (SSSR count). The molecule has 0 radical (unpaired) electrons.